The normalized spacial score (nSPS) is 11.4. The highest BCUT2D eigenvalue weighted by Crippen LogP contribution is 2.17. The summed E-state index contributed by atoms with van der Waals surface area (Å²) in [5, 5.41) is 0. The van der Waals surface area contributed by atoms with Gasteiger partial charge in [0.05, 0.1) is 11.0 Å². The molecule has 0 fully saturated rings. The molecule has 0 amide bonds. The van der Waals surface area contributed by atoms with E-state index in [0.717, 1.165) is 16.9 Å². The number of benzene rings is 1. The molecule has 2 nitrogen and oxygen atoms in total. The van der Waals surface area contributed by atoms with Crippen LogP contribution in [0.15, 0.2) is 18.2 Å². The van der Waals surface area contributed by atoms with E-state index in [4.69, 9.17) is 0 Å². The van der Waals surface area contributed by atoms with E-state index in [0.29, 0.717) is 5.92 Å². The molecule has 0 aliphatic rings. The molecule has 0 spiro atoms. The Morgan fingerprint density at radius 3 is 2.92 bits per heavy atom. The summed E-state index contributed by atoms with van der Waals surface area (Å²) in [5.41, 5.74) is 1.59. The lowest BCUT2D eigenvalue weighted by Crippen LogP contribution is -1.88. The van der Waals surface area contributed by atoms with Gasteiger partial charge in [-0.1, -0.05) is 13.8 Å². The third-order valence-corrected chi connectivity index (χ3v) is 2.01. The lowest BCUT2D eigenvalue weighted by Gasteiger charge is -1.95. The number of H-pyrrole nitrogens is 1. The summed E-state index contributed by atoms with van der Waals surface area (Å²) in [4.78, 5) is 7.42. The third kappa shape index (κ3) is 1.41. The predicted octanol–water partition coefficient (Wildman–Crippen LogP) is 3.07. The van der Waals surface area contributed by atoms with Crippen LogP contribution >= 0.6 is 0 Å². The predicted molar refractivity (Wildman–Crippen MR) is 52.3 cm³/mol. The molecular formula is C10H13FN2. The molecule has 0 saturated heterocycles. The van der Waals surface area contributed by atoms with Crippen LogP contribution in [0.25, 0.3) is 11.0 Å². The molecule has 1 aromatic heterocycles. The largest absolute Gasteiger partial charge is 0.342 e. The van der Waals surface area contributed by atoms with Crippen molar-refractivity contribution in [3.63, 3.8) is 0 Å². The first kappa shape index (κ1) is 8.23. The van der Waals surface area contributed by atoms with E-state index in [1.165, 1.54) is 12.1 Å². The fourth-order valence-electron chi connectivity index (χ4n) is 1.28. The number of imidazole rings is 1. The van der Waals surface area contributed by atoms with Gasteiger partial charge in [0.25, 0.3) is 0 Å². The summed E-state index contributed by atoms with van der Waals surface area (Å²) in [6.45, 7) is 4.10. The van der Waals surface area contributed by atoms with Crippen LogP contribution in [-0.2, 0) is 0 Å². The zero-order valence-electron chi connectivity index (χ0n) is 7.63. The molecule has 1 N–H and O–H groups in total. The maximum atomic E-state index is 12.8. The summed E-state index contributed by atoms with van der Waals surface area (Å²) in [5.74, 6) is 1.02. The number of rotatable bonds is 1. The van der Waals surface area contributed by atoms with Crippen molar-refractivity contribution in [1.29, 1.82) is 0 Å². The van der Waals surface area contributed by atoms with Crippen LogP contribution in [-0.4, -0.2) is 9.97 Å². The third-order valence-electron chi connectivity index (χ3n) is 2.01. The van der Waals surface area contributed by atoms with E-state index in [-0.39, 0.29) is 7.24 Å². The highest BCUT2D eigenvalue weighted by atomic mass is 19.1. The zero-order chi connectivity index (χ0) is 9.42. The maximum absolute atomic E-state index is 12.8. The number of halogens is 1. The molecule has 1 aromatic carbocycles. The Morgan fingerprint density at radius 1 is 1.46 bits per heavy atom. The number of fused-ring (bicyclic) bond motifs is 1. The van der Waals surface area contributed by atoms with Crippen LogP contribution in [0.3, 0.4) is 0 Å². The van der Waals surface area contributed by atoms with E-state index >= 15 is 0 Å². The molecule has 0 saturated carbocycles. The zero-order valence-corrected chi connectivity index (χ0v) is 7.63. The van der Waals surface area contributed by atoms with Crippen molar-refractivity contribution in [2.24, 2.45) is 0 Å². The van der Waals surface area contributed by atoms with E-state index in [2.05, 4.69) is 9.97 Å². The van der Waals surface area contributed by atoms with Crippen molar-refractivity contribution >= 4 is 11.0 Å². The topological polar surface area (TPSA) is 28.7 Å². The van der Waals surface area contributed by atoms with Crippen molar-refractivity contribution in [2.75, 3.05) is 0 Å². The summed E-state index contributed by atoms with van der Waals surface area (Å²) < 4.78 is 12.8. The van der Waals surface area contributed by atoms with Crippen molar-refractivity contribution < 1.29 is 5.82 Å². The second-order valence-corrected chi connectivity index (χ2v) is 3.44. The second-order valence-electron chi connectivity index (χ2n) is 3.44. The molecule has 0 unspecified atom stereocenters. The summed E-state index contributed by atoms with van der Waals surface area (Å²) >= 11 is 0. The molecule has 0 bridgehead atoms. The first-order valence-electron chi connectivity index (χ1n) is 4.32. The number of hydrogen-bond acceptors (Lipinski definition) is 1. The first-order valence-corrected chi connectivity index (χ1v) is 4.32. The molecule has 0 aliphatic carbocycles. The minimum atomic E-state index is -0.230. The van der Waals surface area contributed by atoms with Gasteiger partial charge in [-0.2, -0.15) is 0 Å². The van der Waals surface area contributed by atoms with E-state index < -0.39 is 0 Å². The van der Waals surface area contributed by atoms with Crippen LogP contribution < -0.4 is 0 Å². The minimum Gasteiger partial charge on any atom is -0.342 e. The van der Waals surface area contributed by atoms with Gasteiger partial charge in [0.2, 0.25) is 0 Å². The van der Waals surface area contributed by atoms with Crippen LogP contribution in [0.4, 0.5) is 4.39 Å². The van der Waals surface area contributed by atoms with Gasteiger partial charge in [0, 0.05) is 7.34 Å². The molecule has 2 aromatic rings. The Balaban J connectivity index is 0.000000980. The van der Waals surface area contributed by atoms with E-state index in [1.54, 1.807) is 6.07 Å². The van der Waals surface area contributed by atoms with E-state index in [1.807, 2.05) is 13.8 Å². The van der Waals surface area contributed by atoms with Gasteiger partial charge in [-0.15, -0.1) is 0 Å². The maximum Gasteiger partial charge on any atom is 0.125 e. The summed E-state index contributed by atoms with van der Waals surface area (Å²) in [7, 11) is 0. The average Bonchev–Trinajstić information content (AvgIpc) is 2.46. The van der Waals surface area contributed by atoms with Crippen LogP contribution in [0.5, 0.6) is 0 Å². The molecule has 0 radical (unpaired) electrons. The fourth-order valence-corrected chi connectivity index (χ4v) is 1.28. The van der Waals surface area contributed by atoms with Gasteiger partial charge >= 0.3 is 0 Å². The molecule has 3 heteroatoms. The van der Waals surface area contributed by atoms with Crippen LogP contribution in [0, 0.1) is 5.82 Å². The molecule has 0 aliphatic heterocycles. The van der Waals surface area contributed by atoms with Crippen molar-refractivity contribution in [1.82, 2.24) is 9.97 Å². The molecule has 0 atom stereocenters. The lowest BCUT2D eigenvalue weighted by molar-refractivity contribution is 0.629. The standard InChI is InChI=1S/C10H11FN2.H2/c1-6(2)10-12-8-4-3-7(11)5-9(8)13-10;/h3-6H,1-2H3,(H,12,13);1H. The van der Waals surface area contributed by atoms with Crippen molar-refractivity contribution in [3.05, 3.63) is 29.8 Å². The lowest BCUT2D eigenvalue weighted by atomic mass is 10.2. The highest BCUT2D eigenvalue weighted by molar-refractivity contribution is 5.75. The first-order chi connectivity index (χ1) is 6.16. The number of aromatic nitrogens is 2. The minimum absolute atomic E-state index is 0. The number of hydrogen-bond donors (Lipinski definition) is 1. The SMILES string of the molecule is CC(C)c1nc2ccc(F)cc2[nH]1.[HH]. The van der Waals surface area contributed by atoms with Gasteiger partial charge in [-0.25, -0.2) is 9.37 Å². The Bertz CT molecular complexity index is 437. The Labute approximate surface area is 77.3 Å². The van der Waals surface area contributed by atoms with Crippen LogP contribution in [0.1, 0.15) is 27.0 Å². The highest BCUT2D eigenvalue weighted by Gasteiger charge is 2.06. The van der Waals surface area contributed by atoms with Gasteiger partial charge in [-0.05, 0) is 18.2 Å². The number of nitrogens with zero attached hydrogens (tertiary/aromatic N) is 1. The fraction of sp³-hybridized carbons (Fsp3) is 0.300. The Kier molecular flexibility index (Phi) is 1.79. The van der Waals surface area contributed by atoms with E-state index in [9.17, 15) is 4.39 Å². The van der Waals surface area contributed by atoms with Gasteiger partial charge < -0.3 is 4.98 Å². The quantitative estimate of drug-likeness (QED) is 0.717. The Morgan fingerprint density at radius 2 is 2.23 bits per heavy atom. The summed E-state index contributed by atoms with van der Waals surface area (Å²) in [6.07, 6.45) is 0. The average molecular weight is 180 g/mol. The molecule has 1 heterocycles. The Hall–Kier alpha value is -1.38. The van der Waals surface area contributed by atoms with Crippen molar-refractivity contribution in [2.45, 2.75) is 19.8 Å². The molecule has 70 valence electrons. The van der Waals surface area contributed by atoms with Gasteiger partial charge in [0.1, 0.15) is 11.6 Å². The molecule has 2 rings (SSSR count). The molecule has 13 heavy (non-hydrogen) atoms. The summed E-state index contributed by atoms with van der Waals surface area (Å²) in [6, 6.07) is 4.58. The number of nitrogens with one attached hydrogen (secondary N) is 1. The van der Waals surface area contributed by atoms with Gasteiger partial charge in [-0.3, -0.25) is 0 Å². The van der Waals surface area contributed by atoms with Crippen molar-refractivity contribution in [3.8, 4) is 0 Å². The van der Waals surface area contributed by atoms with Crippen LogP contribution in [0.2, 0.25) is 0 Å². The smallest absolute Gasteiger partial charge is 0.125 e. The van der Waals surface area contributed by atoms with Gasteiger partial charge in [0.15, 0.2) is 0 Å². The number of aromatic amines is 1. The molecular weight excluding hydrogens is 167 g/mol. The monoisotopic (exact) mass is 180 g/mol. The second kappa shape index (κ2) is 2.83.